The van der Waals surface area contributed by atoms with Crippen LogP contribution in [0.2, 0.25) is 0 Å². The molecule has 1 heterocycles. The molecule has 3 rings (SSSR count). The largest absolute Gasteiger partial charge is 0.462 e. The average molecular weight is 357 g/mol. The molecule has 0 aliphatic carbocycles. The molecule has 5 heteroatoms. The Morgan fingerprint density at radius 2 is 1.89 bits per heavy atom. The second kappa shape index (κ2) is 8.15. The Labute approximate surface area is 158 Å². The molecule has 0 spiro atoms. The Hall–Kier alpha value is -3.65. The van der Waals surface area contributed by atoms with Gasteiger partial charge in [0.25, 0.3) is 0 Å². The van der Waals surface area contributed by atoms with Gasteiger partial charge < -0.3 is 4.74 Å². The van der Waals surface area contributed by atoms with E-state index in [1.54, 1.807) is 17.8 Å². The monoisotopic (exact) mass is 357 g/mol. The topological polar surface area (TPSA) is 67.9 Å². The number of aromatic nitrogens is 2. The predicted molar refractivity (Wildman–Crippen MR) is 104 cm³/mol. The van der Waals surface area contributed by atoms with Crippen LogP contribution in [-0.2, 0) is 9.53 Å². The van der Waals surface area contributed by atoms with Crippen molar-refractivity contribution in [1.29, 1.82) is 5.26 Å². The van der Waals surface area contributed by atoms with E-state index in [0.29, 0.717) is 11.3 Å². The molecule has 0 bridgehead atoms. The fourth-order valence-electron chi connectivity index (χ4n) is 2.64. The van der Waals surface area contributed by atoms with E-state index < -0.39 is 5.97 Å². The molecule has 5 nitrogen and oxygen atoms in total. The Kier molecular flexibility index (Phi) is 5.48. The highest BCUT2D eigenvalue weighted by atomic mass is 16.5. The average Bonchev–Trinajstić information content (AvgIpc) is 3.11. The molecule has 2 aromatic carbocycles. The summed E-state index contributed by atoms with van der Waals surface area (Å²) in [7, 11) is 0. The van der Waals surface area contributed by atoms with Crippen molar-refractivity contribution in [3.05, 3.63) is 77.5 Å². The molecule has 134 valence electrons. The summed E-state index contributed by atoms with van der Waals surface area (Å²) in [4.78, 5) is 12.0. The van der Waals surface area contributed by atoms with E-state index in [9.17, 15) is 10.1 Å². The molecule has 0 aliphatic rings. The van der Waals surface area contributed by atoms with Gasteiger partial charge in [0.2, 0.25) is 0 Å². The lowest BCUT2D eigenvalue weighted by Gasteiger charge is -2.02. The highest BCUT2D eigenvalue weighted by molar-refractivity contribution is 5.98. The number of ether oxygens (including phenoxy) is 1. The fourth-order valence-corrected chi connectivity index (χ4v) is 2.64. The first-order chi connectivity index (χ1) is 13.1. The number of para-hydroxylation sites is 1. The van der Waals surface area contributed by atoms with Gasteiger partial charge in [-0.2, -0.15) is 10.4 Å². The molecular formula is C22H19N3O2. The van der Waals surface area contributed by atoms with Crippen LogP contribution in [0, 0.1) is 18.3 Å². The predicted octanol–water partition coefficient (Wildman–Crippen LogP) is 4.32. The zero-order chi connectivity index (χ0) is 19.2. The number of esters is 1. The maximum atomic E-state index is 12.0. The summed E-state index contributed by atoms with van der Waals surface area (Å²) in [5.41, 5.74) is 4.24. The summed E-state index contributed by atoms with van der Waals surface area (Å²) in [5, 5.41) is 14.0. The molecule has 0 saturated carbocycles. The SMILES string of the molecule is CCOC(=O)/C(C#N)=C\c1cn(-c2ccccc2)nc1-c1ccc(C)cc1. The summed E-state index contributed by atoms with van der Waals surface area (Å²) >= 11 is 0. The molecule has 0 N–H and O–H groups in total. The Bertz CT molecular complexity index is 1010. The summed E-state index contributed by atoms with van der Waals surface area (Å²) in [6, 6.07) is 19.5. The maximum Gasteiger partial charge on any atom is 0.348 e. The van der Waals surface area contributed by atoms with E-state index in [2.05, 4.69) is 5.10 Å². The number of hydrogen-bond acceptors (Lipinski definition) is 4. The van der Waals surface area contributed by atoms with Crippen LogP contribution in [-0.4, -0.2) is 22.4 Å². The molecule has 27 heavy (non-hydrogen) atoms. The number of carbonyl (C=O) groups excluding carboxylic acids is 1. The van der Waals surface area contributed by atoms with Crippen molar-refractivity contribution >= 4 is 12.0 Å². The van der Waals surface area contributed by atoms with Gasteiger partial charge in [-0.1, -0.05) is 48.0 Å². The zero-order valence-corrected chi connectivity index (χ0v) is 15.2. The summed E-state index contributed by atoms with van der Waals surface area (Å²) in [6.07, 6.45) is 3.33. The number of benzene rings is 2. The van der Waals surface area contributed by atoms with Gasteiger partial charge in [-0.15, -0.1) is 0 Å². The summed E-state index contributed by atoms with van der Waals surface area (Å²) in [6.45, 7) is 3.94. The lowest BCUT2D eigenvalue weighted by Crippen LogP contribution is -2.06. The van der Waals surface area contributed by atoms with Crippen LogP contribution in [0.1, 0.15) is 18.1 Å². The lowest BCUT2D eigenvalue weighted by molar-refractivity contribution is -0.137. The smallest absolute Gasteiger partial charge is 0.348 e. The van der Waals surface area contributed by atoms with Gasteiger partial charge in [0.1, 0.15) is 11.6 Å². The van der Waals surface area contributed by atoms with Crippen molar-refractivity contribution in [3.8, 4) is 23.0 Å². The van der Waals surface area contributed by atoms with Gasteiger partial charge in [0, 0.05) is 17.3 Å². The maximum absolute atomic E-state index is 12.0. The van der Waals surface area contributed by atoms with Gasteiger partial charge in [-0.05, 0) is 32.1 Å². The van der Waals surface area contributed by atoms with Crippen molar-refractivity contribution < 1.29 is 9.53 Å². The van der Waals surface area contributed by atoms with E-state index in [0.717, 1.165) is 16.8 Å². The molecular weight excluding hydrogens is 338 g/mol. The van der Waals surface area contributed by atoms with Crippen LogP contribution in [0.4, 0.5) is 0 Å². The minimum Gasteiger partial charge on any atom is -0.462 e. The van der Waals surface area contributed by atoms with E-state index >= 15 is 0 Å². The molecule has 0 saturated heterocycles. The van der Waals surface area contributed by atoms with E-state index in [-0.39, 0.29) is 12.2 Å². The van der Waals surface area contributed by atoms with E-state index in [4.69, 9.17) is 4.74 Å². The third-order valence-electron chi connectivity index (χ3n) is 4.00. The van der Waals surface area contributed by atoms with Gasteiger partial charge in [0.15, 0.2) is 0 Å². The number of hydrogen-bond donors (Lipinski definition) is 0. The molecule has 3 aromatic rings. The third kappa shape index (κ3) is 4.13. The normalized spacial score (nSPS) is 11.1. The summed E-state index contributed by atoms with van der Waals surface area (Å²) in [5.74, 6) is -0.637. The van der Waals surface area contributed by atoms with Crippen molar-refractivity contribution in [2.24, 2.45) is 0 Å². The number of nitrogens with zero attached hydrogens (tertiary/aromatic N) is 3. The Balaban J connectivity index is 2.13. The van der Waals surface area contributed by atoms with E-state index in [1.165, 1.54) is 6.08 Å². The first-order valence-electron chi connectivity index (χ1n) is 8.63. The van der Waals surface area contributed by atoms with Crippen LogP contribution < -0.4 is 0 Å². The quantitative estimate of drug-likeness (QED) is 0.387. The number of carbonyl (C=O) groups is 1. The number of rotatable bonds is 5. The van der Waals surface area contributed by atoms with Crippen molar-refractivity contribution in [3.63, 3.8) is 0 Å². The van der Waals surface area contributed by atoms with Crippen LogP contribution in [0.3, 0.4) is 0 Å². The molecule has 0 radical (unpaired) electrons. The second-order valence-electron chi connectivity index (χ2n) is 5.97. The number of aryl methyl sites for hydroxylation is 1. The lowest BCUT2D eigenvalue weighted by atomic mass is 10.0. The molecule has 0 unspecified atom stereocenters. The van der Waals surface area contributed by atoms with Crippen LogP contribution in [0.5, 0.6) is 0 Å². The highest BCUT2D eigenvalue weighted by Crippen LogP contribution is 2.26. The van der Waals surface area contributed by atoms with Crippen LogP contribution in [0.15, 0.2) is 66.4 Å². The third-order valence-corrected chi connectivity index (χ3v) is 4.00. The fraction of sp³-hybridized carbons (Fsp3) is 0.136. The standard InChI is InChI=1S/C22H19N3O2/c1-3-27-22(26)18(14-23)13-19-15-25(20-7-5-4-6-8-20)24-21(19)17-11-9-16(2)10-12-17/h4-13,15H,3H2,1-2H3/b18-13-. The van der Waals surface area contributed by atoms with Gasteiger partial charge in [0.05, 0.1) is 18.0 Å². The second-order valence-corrected chi connectivity index (χ2v) is 5.97. The van der Waals surface area contributed by atoms with Crippen molar-refractivity contribution in [2.75, 3.05) is 6.61 Å². The van der Waals surface area contributed by atoms with Gasteiger partial charge >= 0.3 is 5.97 Å². The Morgan fingerprint density at radius 1 is 1.19 bits per heavy atom. The zero-order valence-electron chi connectivity index (χ0n) is 15.2. The first kappa shape index (κ1) is 18.2. The highest BCUT2D eigenvalue weighted by Gasteiger charge is 2.15. The summed E-state index contributed by atoms with van der Waals surface area (Å²) < 4.78 is 6.70. The first-order valence-corrected chi connectivity index (χ1v) is 8.63. The molecule has 1 aromatic heterocycles. The van der Waals surface area contributed by atoms with E-state index in [1.807, 2.05) is 67.6 Å². The molecule has 0 atom stereocenters. The van der Waals surface area contributed by atoms with Crippen LogP contribution >= 0.6 is 0 Å². The molecule has 0 amide bonds. The molecule has 0 fully saturated rings. The van der Waals surface area contributed by atoms with Crippen molar-refractivity contribution in [1.82, 2.24) is 9.78 Å². The van der Waals surface area contributed by atoms with Crippen molar-refractivity contribution in [2.45, 2.75) is 13.8 Å². The van der Waals surface area contributed by atoms with Crippen LogP contribution in [0.25, 0.3) is 23.0 Å². The minimum atomic E-state index is -0.637. The van der Waals surface area contributed by atoms with Gasteiger partial charge in [-0.3, -0.25) is 0 Å². The minimum absolute atomic E-state index is 0.0576. The van der Waals surface area contributed by atoms with Gasteiger partial charge in [-0.25, -0.2) is 9.48 Å². The molecule has 0 aliphatic heterocycles. The number of nitriles is 1. The Morgan fingerprint density at radius 3 is 2.52 bits per heavy atom.